The van der Waals surface area contributed by atoms with E-state index in [2.05, 4.69) is 63.7 Å². The summed E-state index contributed by atoms with van der Waals surface area (Å²) in [7, 11) is 0. The minimum absolute atomic E-state index is 0.266. The lowest BCUT2D eigenvalue weighted by Crippen LogP contribution is -1.93. The van der Waals surface area contributed by atoms with Crippen molar-refractivity contribution in [3.8, 4) is 6.07 Å². The van der Waals surface area contributed by atoms with Crippen molar-refractivity contribution in [3.05, 3.63) is 58.3 Å². The van der Waals surface area contributed by atoms with E-state index < -0.39 is 0 Å². The molecule has 0 aliphatic rings. The molecule has 0 heterocycles. The Labute approximate surface area is 166 Å². The van der Waals surface area contributed by atoms with Crippen molar-refractivity contribution in [2.75, 3.05) is 5.73 Å². The Hall–Kier alpha value is -0.490. The standard InChI is InChI=1S/C8H4Br2FN.C7H6Br2FN/c1-4-7(11)2-6(9)5(3-12)8(4)10;1-3-5(10)2-4(8)7(11)6(3)9/h2H,1H3;2H,11H2,1H3. The van der Waals surface area contributed by atoms with Gasteiger partial charge in [-0.1, -0.05) is 0 Å². The summed E-state index contributed by atoms with van der Waals surface area (Å²) < 4.78 is 28.1. The van der Waals surface area contributed by atoms with Crippen LogP contribution in [0.1, 0.15) is 16.7 Å². The van der Waals surface area contributed by atoms with Crippen LogP contribution in [-0.4, -0.2) is 0 Å². The fraction of sp³-hybridized carbons (Fsp3) is 0.133. The Morgan fingerprint density at radius 1 is 0.913 bits per heavy atom. The van der Waals surface area contributed by atoms with Crippen LogP contribution in [0.25, 0.3) is 0 Å². The largest absolute Gasteiger partial charge is 0.397 e. The number of hydrogen-bond donors (Lipinski definition) is 1. The Morgan fingerprint density at radius 3 is 1.83 bits per heavy atom. The molecule has 0 amide bonds. The van der Waals surface area contributed by atoms with Crippen molar-refractivity contribution in [2.24, 2.45) is 0 Å². The predicted molar refractivity (Wildman–Crippen MR) is 102 cm³/mol. The highest BCUT2D eigenvalue weighted by molar-refractivity contribution is 9.11. The van der Waals surface area contributed by atoms with Crippen LogP contribution in [0.4, 0.5) is 14.5 Å². The van der Waals surface area contributed by atoms with Gasteiger partial charge in [0.25, 0.3) is 0 Å². The number of nitrogens with zero attached hydrogens (tertiary/aromatic N) is 1. The summed E-state index contributed by atoms with van der Waals surface area (Å²) in [6.45, 7) is 3.29. The van der Waals surface area contributed by atoms with E-state index in [1.165, 1.54) is 12.1 Å². The Bertz CT molecular complexity index is 775. The number of nitrogen functional groups attached to an aromatic ring is 1. The van der Waals surface area contributed by atoms with Crippen molar-refractivity contribution in [1.29, 1.82) is 5.26 Å². The fourth-order valence-corrected chi connectivity index (χ4v) is 3.81. The summed E-state index contributed by atoms with van der Waals surface area (Å²) in [6, 6.07) is 4.62. The van der Waals surface area contributed by atoms with E-state index in [1.54, 1.807) is 13.8 Å². The van der Waals surface area contributed by atoms with Crippen LogP contribution in [0.2, 0.25) is 0 Å². The van der Waals surface area contributed by atoms with E-state index in [0.29, 0.717) is 40.3 Å². The maximum atomic E-state index is 13.0. The molecule has 0 aliphatic heterocycles. The second kappa shape index (κ2) is 8.56. The van der Waals surface area contributed by atoms with Gasteiger partial charge in [-0.2, -0.15) is 5.26 Å². The lowest BCUT2D eigenvalue weighted by Gasteiger charge is -2.05. The molecule has 0 aliphatic carbocycles. The Balaban J connectivity index is 0.000000231. The molecule has 0 saturated heterocycles. The monoisotopic (exact) mass is 572 g/mol. The molecular weight excluding hydrogens is 566 g/mol. The third-order valence-electron chi connectivity index (χ3n) is 2.95. The molecule has 0 fully saturated rings. The van der Waals surface area contributed by atoms with Gasteiger partial charge in [0.15, 0.2) is 0 Å². The van der Waals surface area contributed by atoms with Gasteiger partial charge in [0, 0.05) is 29.0 Å². The zero-order valence-corrected chi connectivity index (χ0v) is 18.3. The van der Waals surface area contributed by atoms with E-state index in [0.717, 1.165) is 0 Å². The van der Waals surface area contributed by atoms with Gasteiger partial charge in [0.1, 0.15) is 17.7 Å². The zero-order chi connectivity index (χ0) is 17.9. The number of halogens is 6. The topological polar surface area (TPSA) is 49.8 Å². The van der Waals surface area contributed by atoms with Crippen molar-refractivity contribution in [3.63, 3.8) is 0 Å². The highest BCUT2D eigenvalue weighted by Crippen LogP contribution is 2.32. The number of nitriles is 1. The molecule has 0 radical (unpaired) electrons. The SMILES string of the molecule is Cc1c(F)cc(Br)c(C#N)c1Br.Cc1c(F)cc(Br)c(N)c1Br. The molecule has 0 saturated carbocycles. The van der Waals surface area contributed by atoms with Crippen LogP contribution in [0.15, 0.2) is 30.0 Å². The van der Waals surface area contributed by atoms with Gasteiger partial charge >= 0.3 is 0 Å². The molecule has 8 heteroatoms. The minimum atomic E-state index is -0.326. The smallest absolute Gasteiger partial charge is 0.128 e. The average molecular weight is 576 g/mol. The molecule has 0 atom stereocenters. The second-order valence-corrected chi connectivity index (χ2v) is 7.75. The number of hydrogen-bond acceptors (Lipinski definition) is 2. The summed E-state index contributed by atoms with van der Waals surface area (Å²) in [4.78, 5) is 0. The van der Waals surface area contributed by atoms with Gasteiger partial charge in [0.2, 0.25) is 0 Å². The fourth-order valence-electron chi connectivity index (χ4n) is 1.50. The molecule has 2 rings (SSSR count). The Kier molecular flexibility index (Phi) is 7.65. The molecule has 0 bridgehead atoms. The van der Waals surface area contributed by atoms with E-state index in [-0.39, 0.29) is 11.6 Å². The molecule has 0 spiro atoms. The van der Waals surface area contributed by atoms with Crippen molar-refractivity contribution in [2.45, 2.75) is 13.8 Å². The van der Waals surface area contributed by atoms with E-state index >= 15 is 0 Å². The van der Waals surface area contributed by atoms with Crippen LogP contribution < -0.4 is 5.73 Å². The van der Waals surface area contributed by atoms with Gasteiger partial charge in [-0.3, -0.25) is 0 Å². The number of benzene rings is 2. The summed E-state index contributed by atoms with van der Waals surface area (Å²) in [5, 5.41) is 8.68. The lowest BCUT2D eigenvalue weighted by atomic mass is 10.1. The number of anilines is 1. The quantitative estimate of drug-likeness (QED) is 0.353. The summed E-state index contributed by atoms with van der Waals surface area (Å²) in [5.41, 5.74) is 7.53. The third kappa shape index (κ3) is 4.75. The van der Waals surface area contributed by atoms with Gasteiger partial charge in [-0.25, -0.2) is 8.78 Å². The van der Waals surface area contributed by atoms with E-state index in [9.17, 15) is 8.78 Å². The second-order valence-electron chi connectivity index (χ2n) is 4.46. The molecule has 0 unspecified atom stereocenters. The van der Waals surface area contributed by atoms with Crippen molar-refractivity contribution >= 4 is 69.4 Å². The zero-order valence-electron chi connectivity index (χ0n) is 11.9. The predicted octanol–water partition coefficient (Wildman–Crippen LogP) is 6.77. The van der Waals surface area contributed by atoms with Gasteiger partial charge in [-0.05, 0) is 89.7 Å². The Morgan fingerprint density at radius 2 is 1.35 bits per heavy atom. The van der Waals surface area contributed by atoms with Crippen molar-refractivity contribution in [1.82, 2.24) is 0 Å². The normalized spacial score (nSPS) is 9.87. The molecule has 2 N–H and O–H groups in total. The highest BCUT2D eigenvalue weighted by Gasteiger charge is 2.11. The van der Waals surface area contributed by atoms with E-state index in [4.69, 9.17) is 11.0 Å². The summed E-state index contributed by atoms with van der Waals surface area (Å²) >= 11 is 12.6. The molecule has 2 nitrogen and oxygen atoms in total. The van der Waals surface area contributed by atoms with E-state index in [1.807, 2.05) is 6.07 Å². The van der Waals surface area contributed by atoms with Crippen LogP contribution in [0.5, 0.6) is 0 Å². The average Bonchev–Trinajstić information content (AvgIpc) is 2.50. The first kappa shape index (κ1) is 20.6. The van der Waals surface area contributed by atoms with Gasteiger partial charge in [0.05, 0.1) is 11.3 Å². The van der Waals surface area contributed by atoms with Crippen LogP contribution >= 0.6 is 63.7 Å². The van der Waals surface area contributed by atoms with Gasteiger partial charge in [-0.15, -0.1) is 0 Å². The number of nitrogens with two attached hydrogens (primary N) is 1. The first-order valence-corrected chi connectivity index (χ1v) is 9.22. The third-order valence-corrected chi connectivity index (χ3v) is 6.24. The van der Waals surface area contributed by atoms with Crippen LogP contribution in [-0.2, 0) is 0 Å². The lowest BCUT2D eigenvalue weighted by molar-refractivity contribution is 0.616. The van der Waals surface area contributed by atoms with Crippen LogP contribution in [0, 0.1) is 36.8 Å². The first-order valence-electron chi connectivity index (χ1n) is 6.05. The highest BCUT2D eigenvalue weighted by atomic mass is 79.9. The summed E-state index contributed by atoms with van der Waals surface area (Å²) in [5.74, 6) is -0.592. The first-order chi connectivity index (χ1) is 10.6. The molecule has 122 valence electrons. The van der Waals surface area contributed by atoms with Crippen LogP contribution in [0.3, 0.4) is 0 Å². The molecule has 23 heavy (non-hydrogen) atoms. The van der Waals surface area contributed by atoms with Gasteiger partial charge < -0.3 is 5.73 Å². The van der Waals surface area contributed by atoms with Crippen molar-refractivity contribution < 1.29 is 8.78 Å². The molecule has 2 aromatic carbocycles. The minimum Gasteiger partial charge on any atom is -0.397 e. The molecule has 2 aromatic rings. The number of rotatable bonds is 0. The maximum Gasteiger partial charge on any atom is 0.128 e. The maximum absolute atomic E-state index is 13.0. The molecular formula is C15H10Br4F2N2. The molecule has 0 aromatic heterocycles. The summed E-state index contributed by atoms with van der Waals surface area (Å²) in [6.07, 6.45) is 0.